The SMILES string of the molecule is CCc1ccc(OCc2ccccc2C(=O)OC)cc1. The highest BCUT2D eigenvalue weighted by Gasteiger charge is 2.11. The van der Waals surface area contributed by atoms with Crippen molar-refractivity contribution in [2.45, 2.75) is 20.0 Å². The molecule has 2 aromatic carbocycles. The van der Waals surface area contributed by atoms with Gasteiger partial charge in [-0.2, -0.15) is 0 Å². The van der Waals surface area contributed by atoms with E-state index in [4.69, 9.17) is 9.47 Å². The monoisotopic (exact) mass is 270 g/mol. The van der Waals surface area contributed by atoms with E-state index >= 15 is 0 Å². The van der Waals surface area contributed by atoms with Gasteiger partial charge in [0, 0.05) is 5.56 Å². The van der Waals surface area contributed by atoms with Crippen LogP contribution in [0.15, 0.2) is 48.5 Å². The highest BCUT2D eigenvalue weighted by molar-refractivity contribution is 5.90. The van der Waals surface area contributed by atoms with Crippen LogP contribution in [0, 0.1) is 0 Å². The highest BCUT2D eigenvalue weighted by atomic mass is 16.5. The molecular weight excluding hydrogens is 252 g/mol. The van der Waals surface area contributed by atoms with Gasteiger partial charge < -0.3 is 9.47 Å². The number of hydrogen-bond donors (Lipinski definition) is 0. The maximum absolute atomic E-state index is 11.7. The number of carbonyl (C=O) groups excluding carboxylic acids is 1. The molecule has 104 valence electrons. The van der Waals surface area contributed by atoms with Gasteiger partial charge in [-0.05, 0) is 30.2 Å². The Morgan fingerprint density at radius 2 is 1.75 bits per heavy atom. The summed E-state index contributed by atoms with van der Waals surface area (Å²) in [5.41, 5.74) is 2.63. The Hall–Kier alpha value is -2.29. The van der Waals surface area contributed by atoms with Crippen LogP contribution in [0.1, 0.15) is 28.4 Å². The van der Waals surface area contributed by atoms with Crippen LogP contribution in [0.3, 0.4) is 0 Å². The third-order valence-electron chi connectivity index (χ3n) is 3.15. The Kier molecular flexibility index (Phi) is 4.77. The van der Waals surface area contributed by atoms with Crippen molar-refractivity contribution in [1.82, 2.24) is 0 Å². The van der Waals surface area contributed by atoms with Crippen molar-refractivity contribution in [3.05, 3.63) is 65.2 Å². The lowest BCUT2D eigenvalue weighted by atomic mass is 10.1. The molecule has 0 fully saturated rings. The van der Waals surface area contributed by atoms with E-state index in [2.05, 4.69) is 6.92 Å². The van der Waals surface area contributed by atoms with E-state index in [9.17, 15) is 4.79 Å². The molecule has 0 bridgehead atoms. The molecule has 0 aliphatic heterocycles. The zero-order valence-electron chi connectivity index (χ0n) is 11.8. The lowest BCUT2D eigenvalue weighted by Crippen LogP contribution is -2.07. The number of ether oxygens (including phenoxy) is 2. The second-order valence-electron chi connectivity index (χ2n) is 4.43. The predicted molar refractivity (Wildman–Crippen MR) is 77.9 cm³/mol. The molecule has 0 heterocycles. The summed E-state index contributed by atoms with van der Waals surface area (Å²) >= 11 is 0. The van der Waals surface area contributed by atoms with Crippen molar-refractivity contribution in [3.63, 3.8) is 0 Å². The molecule has 0 unspecified atom stereocenters. The van der Waals surface area contributed by atoms with Gasteiger partial charge in [0.15, 0.2) is 0 Å². The van der Waals surface area contributed by atoms with Crippen LogP contribution in [0.5, 0.6) is 5.75 Å². The molecule has 2 aromatic rings. The molecule has 0 N–H and O–H groups in total. The van der Waals surface area contributed by atoms with Gasteiger partial charge in [-0.3, -0.25) is 0 Å². The van der Waals surface area contributed by atoms with Gasteiger partial charge in [-0.15, -0.1) is 0 Å². The molecule has 0 aliphatic carbocycles. The van der Waals surface area contributed by atoms with E-state index in [0.29, 0.717) is 12.2 Å². The summed E-state index contributed by atoms with van der Waals surface area (Å²) in [6.07, 6.45) is 1.01. The lowest BCUT2D eigenvalue weighted by Gasteiger charge is -2.10. The fourth-order valence-electron chi connectivity index (χ4n) is 1.94. The third-order valence-corrected chi connectivity index (χ3v) is 3.15. The number of hydrogen-bond acceptors (Lipinski definition) is 3. The van der Waals surface area contributed by atoms with E-state index < -0.39 is 0 Å². The largest absolute Gasteiger partial charge is 0.489 e. The van der Waals surface area contributed by atoms with Crippen LogP contribution in [0.2, 0.25) is 0 Å². The number of methoxy groups -OCH3 is 1. The van der Waals surface area contributed by atoms with E-state index in [-0.39, 0.29) is 5.97 Å². The minimum Gasteiger partial charge on any atom is -0.489 e. The third kappa shape index (κ3) is 3.38. The van der Waals surface area contributed by atoms with E-state index in [1.54, 1.807) is 6.07 Å². The Balaban J connectivity index is 2.08. The highest BCUT2D eigenvalue weighted by Crippen LogP contribution is 2.17. The Labute approximate surface area is 119 Å². The summed E-state index contributed by atoms with van der Waals surface area (Å²) in [5, 5.41) is 0. The normalized spacial score (nSPS) is 10.1. The molecule has 0 spiro atoms. The summed E-state index contributed by atoms with van der Waals surface area (Å²) < 4.78 is 10.5. The quantitative estimate of drug-likeness (QED) is 0.778. The summed E-state index contributed by atoms with van der Waals surface area (Å²) in [6.45, 7) is 2.46. The number of rotatable bonds is 5. The molecule has 0 radical (unpaired) electrons. The fraction of sp³-hybridized carbons (Fsp3) is 0.235. The molecule has 0 aliphatic rings. The summed E-state index contributed by atoms with van der Waals surface area (Å²) in [5.74, 6) is 0.451. The van der Waals surface area contributed by atoms with Crippen molar-refractivity contribution < 1.29 is 14.3 Å². The van der Waals surface area contributed by atoms with Gasteiger partial charge in [-0.25, -0.2) is 4.79 Å². The van der Waals surface area contributed by atoms with E-state index in [1.807, 2.05) is 42.5 Å². The predicted octanol–water partition coefficient (Wildman–Crippen LogP) is 3.61. The van der Waals surface area contributed by atoms with Crippen molar-refractivity contribution in [2.24, 2.45) is 0 Å². The molecule has 2 rings (SSSR count). The topological polar surface area (TPSA) is 35.5 Å². The minimum absolute atomic E-state index is 0.342. The van der Waals surface area contributed by atoms with Crippen LogP contribution in [0.25, 0.3) is 0 Å². The first-order valence-electron chi connectivity index (χ1n) is 6.62. The van der Waals surface area contributed by atoms with Crippen LogP contribution in [-0.4, -0.2) is 13.1 Å². The van der Waals surface area contributed by atoms with Gasteiger partial charge in [0.05, 0.1) is 12.7 Å². The first kappa shape index (κ1) is 14.1. The van der Waals surface area contributed by atoms with Crippen molar-refractivity contribution in [2.75, 3.05) is 7.11 Å². The molecule has 0 aromatic heterocycles. The van der Waals surface area contributed by atoms with Crippen LogP contribution in [0.4, 0.5) is 0 Å². The number of esters is 1. The summed E-state index contributed by atoms with van der Waals surface area (Å²) in [4.78, 5) is 11.7. The molecule has 0 saturated carbocycles. The first-order chi connectivity index (χ1) is 9.74. The molecule has 3 heteroatoms. The van der Waals surface area contributed by atoms with Gasteiger partial charge in [0.2, 0.25) is 0 Å². The lowest BCUT2D eigenvalue weighted by molar-refractivity contribution is 0.0597. The zero-order valence-corrected chi connectivity index (χ0v) is 11.8. The average molecular weight is 270 g/mol. The first-order valence-corrected chi connectivity index (χ1v) is 6.62. The number of aryl methyl sites for hydroxylation is 1. The molecule has 20 heavy (non-hydrogen) atoms. The summed E-state index contributed by atoms with van der Waals surface area (Å²) in [6, 6.07) is 15.3. The Bertz CT molecular complexity index is 573. The van der Waals surface area contributed by atoms with E-state index in [0.717, 1.165) is 17.7 Å². The van der Waals surface area contributed by atoms with Crippen molar-refractivity contribution in [3.8, 4) is 5.75 Å². The number of carbonyl (C=O) groups is 1. The van der Waals surface area contributed by atoms with Gasteiger partial charge in [0.25, 0.3) is 0 Å². The molecule has 0 saturated heterocycles. The van der Waals surface area contributed by atoms with Crippen LogP contribution >= 0.6 is 0 Å². The van der Waals surface area contributed by atoms with Gasteiger partial charge in [-0.1, -0.05) is 37.3 Å². The zero-order chi connectivity index (χ0) is 14.4. The van der Waals surface area contributed by atoms with Crippen molar-refractivity contribution >= 4 is 5.97 Å². The number of benzene rings is 2. The molecular formula is C17H18O3. The summed E-state index contributed by atoms with van der Waals surface area (Å²) in [7, 11) is 1.38. The van der Waals surface area contributed by atoms with E-state index in [1.165, 1.54) is 12.7 Å². The molecule has 3 nitrogen and oxygen atoms in total. The standard InChI is InChI=1S/C17H18O3/c1-3-13-8-10-15(11-9-13)20-12-14-6-4-5-7-16(14)17(18)19-2/h4-11H,3,12H2,1-2H3. The molecule has 0 atom stereocenters. The van der Waals surface area contributed by atoms with Crippen LogP contribution in [-0.2, 0) is 17.8 Å². The maximum atomic E-state index is 11.7. The fourth-order valence-corrected chi connectivity index (χ4v) is 1.94. The minimum atomic E-state index is -0.342. The van der Waals surface area contributed by atoms with Crippen LogP contribution < -0.4 is 4.74 Å². The second kappa shape index (κ2) is 6.75. The van der Waals surface area contributed by atoms with Gasteiger partial charge in [0.1, 0.15) is 12.4 Å². The Morgan fingerprint density at radius 1 is 1.05 bits per heavy atom. The van der Waals surface area contributed by atoms with Crippen molar-refractivity contribution in [1.29, 1.82) is 0 Å². The van der Waals surface area contributed by atoms with Gasteiger partial charge >= 0.3 is 5.97 Å². The second-order valence-corrected chi connectivity index (χ2v) is 4.43. The Morgan fingerprint density at radius 3 is 2.40 bits per heavy atom. The average Bonchev–Trinajstić information content (AvgIpc) is 2.53. The smallest absolute Gasteiger partial charge is 0.338 e. The maximum Gasteiger partial charge on any atom is 0.338 e. The molecule has 0 amide bonds.